The summed E-state index contributed by atoms with van der Waals surface area (Å²) in [5.41, 5.74) is 2.38. The zero-order valence-electron chi connectivity index (χ0n) is 9.88. The van der Waals surface area contributed by atoms with E-state index in [2.05, 4.69) is 36.8 Å². The van der Waals surface area contributed by atoms with Crippen molar-refractivity contribution in [2.45, 2.75) is 32.6 Å². The van der Waals surface area contributed by atoms with Gasteiger partial charge >= 0.3 is 0 Å². The summed E-state index contributed by atoms with van der Waals surface area (Å²) < 4.78 is 0. The summed E-state index contributed by atoms with van der Waals surface area (Å²) in [7, 11) is 1.88. The molecule has 1 unspecified atom stereocenters. The first-order valence-electron chi connectivity index (χ1n) is 5.53. The Balaban J connectivity index is 2.97. The zero-order valence-corrected chi connectivity index (χ0v) is 9.88. The number of hydrogen-bond acceptors (Lipinski definition) is 2. The molecular formula is C13H20N2. The van der Waals surface area contributed by atoms with Crippen LogP contribution in [0.4, 0.5) is 5.82 Å². The van der Waals surface area contributed by atoms with E-state index in [1.165, 1.54) is 18.4 Å². The average molecular weight is 204 g/mol. The molecule has 0 fully saturated rings. The van der Waals surface area contributed by atoms with Gasteiger partial charge in [0.25, 0.3) is 0 Å². The molecule has 2 nitrogen and oxygen atoms in total. The fourth-order valence-electron chi connectivity index (χ4n) is 1.73. The maximum atomic E-state index is 4.39. The molecule has 1 aromatic rings. The van der Waals surface area contributed by atoms with Gasteiger partial charge in [-0.15, -0.1) is 0 Å². The minimum absolute atomic E-state index is 0.576. The van der Waals surface area contributed by atoms with Gasteiger partial charge in [0.1, 0.15) is 5.82 Å². The van der Waals surface area contributed by atoms with Gasteiger partial charge in [-0.25, -0.2) is 4.98 Å². The number of nitrogens with one attached hydrogen (secondary N) is 1. The highest BCUT2D eigenvalue weighted by atomic mass is 15.0. The second kappa shape index (κ2) is 5.54. The number of nitrogens with zero attached hydrogens (tertiary/aromatic N) is 1. The van der Waals surface area contributed by atoms with E-state index in [1.807, 2.05) is 19.3 Å². The third-order valence-corrected chi connectivity index (χ3v) is 2.69. The third kappa shape index (κ3) is 2.82. The minimum Gasteiger partial charge on any atom is -0.373 e. The Hall–Kier alpha value is -1.31. The third-order valence-electron chi connectivity index (χ3n) is 2.69. The molecule has 0 saturated heterocycles. The molecule has 1 heterocycles. The standard InChI is InChI=1S/C13H20N2/c1-5-7-10(3)12-8-11(6-2)13(14-4)15-9-12/h6,8-10H,2,5,7H2,1,3-4H3,(H,14,15). The summed E-state index contributed by atoms with van der Waals surface area (Å²) in [6.07, 6.45) is 6.22. The lowest BCUT2D eigenvalue weighted by molar-refractivity contribution is 0.662. The Bertz CT molecular complexity index is 331. The number of rotatable bonds is 5. The van der Waals surface area contributed by atoms with Gasteiger partial charge in [0, 0.05) is 18.8 Å². The molecule has 0 bridgehead atoms. The number of aromatic nitrogens is 1. The van der Waals surface area contributed by atoms with E-state index in [-0.39, 0.29) is 0 Å². The normalized spacial score (nSPS) is 12.2. The molecular weight excluding hydrogens is 184 g/mol. The van der Waals surface area contributed by atoms with Crippen molar-refractivity contribution in [2.24, 2.45) is 0 Å². The molecule has 0 aliphatic heterocycles. The SMILES string of the molecule is C=Cc1cc(C(C)CCC)cnc1NC. The van der Waals surface area contributed by atoms with Crippen LogP contribution in [-0.4, -0.2) is 12.0 Å². The molecule has 0 amide bonds. The molecule has 0 spiro atoms. The fourth-order valence-corrected chi connectivity index (χ4v) is 1.73. The lowest BCUT2D eigenvalue weighted by atomic mass is 9.97. The number of hydrogen-bond donors (Lipinski definition) is 1. The maximum Gasteiger partial charge on any atom is 0.132 e. The van der Waals surface area contributed by atoms with Crippen molar-refractivity contribution in [2.75, 3.05) is 12.4 Å². The van der Waals surface area contributed by atoms with Crippen molar-refractivity contribution in [3.8, 4) is 0 Å². The van der Waals surface area contributed by atoms with Crippen LogP contribution in [0, 0.1) is 0 Å². The topological polar surface area (TPSA) is 24.9 Å². The van der Waals surface area contributed by atoms with Crippen LogP contribution in [0.2, 0.25) is 0 Å². The lowest BCUT2D eigenvalue weighted by Crippen LogP contribution is -1.99. The van der Waals surface area contributed by atoms with E-state index in [4.69, 9.17) is 0 Å². The molecule has 0 aliphatic rings. The van der Waals surface area contributed by atoms with Crippen LogP contribution >= 0.6 is 0 Å². The highest BCUT2D eigenvalue weighted by Gasteiger charge is 2.07. The second-order valence-corrected chi connectivity index (χ2v) is 3.85. The smallest absolute Gasteiger partial charge is 0.132 e. The molecule has 1 N–H and O–H groups in total. The Morgan fingerprint density at radius 1 is 1.60 bits per heavy atom. The van der Waals surface area contributed by atoms with E-state index in [1.54, 1.807) is 0 Å². The molecule has 15 heavy (non-hydrogen) atoms. The van der Waals surface area contributed by atoms with Gasteiger partial charge in [0.2, 0.25) is 0 Å². The van der Waals surface area contributed by atoms with E-state index < -0.39 is 0 Å². The monoisotopic (exact) mass is 204 g/mol. The first kappa shape index (κ1) is 11.8. The van der Waals surface area contributed by atoms with Crippen LogP contribution in [0.1, 0.15) is 43.7 Å². The summed E-state index contributed by atoms with van der Waals surface area (Å²) >= 11 is 0. The van der Waals surface area contributed by atoms with E-state index in [9.17, 15) is 0 Å². The Labute approximate surface area is 92.4 Å². The van der Waals surface area contributed by atoms with Crippen LogP contribution in [0.5, 0.6) is 0 Å². The van der Waals surface area contributed by atoms with Crippen molar-refractivity contribution < 1.29 is 0 Å². The Kier molecular flexibility index (Phi) is 4.35. The molecule has 82 valence electrons. The van der Waals surface area contributed by atoms with Gasteiger partial charge in [-0.05, 0) is 24.0 Å². The van der Waals surface area contributed by atoms with Crippen LogP contribution in [0.15, 0.2) is 18.8 Å². The minimum atomic E-state index is 0.576. The predicted molar refractivity (Wildman–Crippen MR) is 67.2 cm³/mol. The van der Waals surface area contributed by atoms with Crippen molar-refractivity contribution in [1.82, 2.24) is 4.98 Å². The van der Waals surface area contributed by atoms with Gasteiger partial charge in [-0.2, -0.15) is 0 Å². The van der Waals surface area contributed by atoms with Gasteiger partial charge in [0.05, 0.1) is 0 Å². The number of pyridine rings is 1. The zero-order chi connectivity index (χ0) is 11.3. The summed E-state index contributed by atoms with van der Waals surface area (Å²) in [5.74, 6) is 1.48. The molecule has 0 radical (unpaired) electrons. The molecule has 0 saturated carbocycles. The van der Waals surface area contributed by atoms with Crippen LogP contribution in [0.3, 0.4) is 0 Å². The van der Waals surface area contributed by atoms with Crippen LogP contribution in [-0.2, 0) is 0 Å². The van der Waals surface area contributed by atoms with Crippen molar-refractivity contribution in [1.29, 1.82) is 0 Å². The van der Waals surface area contributed by atoms with Gasteiger partial charge in [0.15, 0.2) is 0 Å². The largest absolute Gasteiger partial charge is 0.373 e. The number of anilines is 1. The molecule has 0 aromatic carbocycles. The fraction of sp³-hybridized carbons (Fsp3) is 0.462. The van der Waals surface area contributed by atoms with Crippen LogP contribution < -0.4 is 5.32 Å². The highest BCUT2D eigenvalue weighted by molar-refractivity contribution is 5.62. The first-order chi connectivity index (χ1) is 7.22. The van der Waals surface area contributed by atoms with E-state index in [0.29, 0.717) is 5.92 Å². The lowest BCUT2D eigenvalue weighted by Gasteiger charge is -2.12. The summed E-state index contributed by atoms with van der Waals surface area (Å²) in [4.78, 5) is 4.39. The van der Waals surface area contributed by atoms with Crippen LogP contribution in [0.25, 0.3) is 6.08 Å². The second-order valence-electron chi connectivity index (χ2n) is 3.85. The highest BCUT2D eigenvalue weighted by Crippen LogP contribution is 2.23. The molecule has 1 rings (SSSR count). The Morgan fingerprint density at radius 3 is 2.87 bits per heavy atom. The van der Waals surface area contributed by atoms with Crippen molar-refractivity contribution >= 4 is 11.9 Å². The summed E-state index contributed by atoms with van der Waals surface area (Å²) in [5, 5.41) is 3.06. The molecule has 1 atom stereocenters. The Morgan fingerprint density at radius 2 is 2.33 bits per heavy atom. The maximum absolute atomic E-state index is 4.39. The first-order valence-corrected chi connectivity index (χ1v) is 5.53. The van der Waals surface area contributed by atoms with Gasteiger partial charge in [-0.1, -0.05) is 32.9 Å². The quantitative estimate of drug-likeness (QED) is 0.791. The van der Waals surface area contributed by atoms with Gasteiger partial charge < -0.3 is 5.32 Å². The van der Waals surface area contributed by atoms with E-state index >= 15 is 0 Å². The molecule has 0 aliphatic carbocycles. The summed E-state index contributed by atoms with van der Waals surface area (Å²) in [6, 6.07) is 2.17. The van der Waals surface area contributed by atoms with Gasteiger partial charge in [-0.3, -0.25) is 0 Å². The predicted octanol–water partition coefficient (Wildman–Crippen LogP) is 3.67. The van der Waals surface area contributed by atoms with E-state index in [0.717, 1.165) is 11.4 Å². The molecule has 2 heteroatoms. The molecule has 1 aromatic heterocycles. The average Bonchev–Trinajstić information content (AvgIpc) is 2.28. The van der Waals surface area contributed by atoms with Crippen molar-refractivity contribution in [3.63, 3.8) is 0 Å². The summed E-state index contributed by atoms with van der Waals surface area (Å²) in [6.45, 7) is 8.26. The van der Waals surface area contributed by atoms with Crippen molar-refractivity contribution in [3.05, 3.63) is 30.0 Å².